The van der Waals surface area contributed by atoms with Crippen LogP contribution in [0.15, 0.2) is 35.5 Å². The van der Waals surface area contributed by atoms with Gasteiger partial charge in [0.25, 0.3) is 0 Å². The summed E-state index contributed by atoms with van der Waals surface area (Å²) >= 11 is 0. The minimum atomic E-state index is -0.835. The third-order valence-corrected chi connectivity index (χ3v) is 3.46. The molecule has 2 heterocycles. The van der Waals surface area contributed by atoms with E-state index in [0.717, 1.165) is 10.6 Å². The van der Waals surface area contributed by atoms with Crippen LogP contribution in [0.5, 0.6) is 0 Å². The second-order valence-electron chi connectivity index (χ2n) is 4.27. The van der Waals surface area contributed by atoms with Crippen LogP contribution in [0, 0.1) is 0 Å². The van der Waals surface area contributed by atoms with E-state index in [2.05, 4.69) is 5.16 Å². The molecular formula is C12H13N3O3. The number of hydrazine groups is 1. The molecule has 1 aromatic carbocycles. The molecule has 0 unspecified atom stereocenters. The summed E-state index contributed by atoms with van der Waals surface area (Å²) < 4.78 is 5.07. The first-order valence-electron chi connectivity index (χ1n) is 5.75. The highest BCUT2D eigenvalue weighted by atomic mass is 16.8. The van der Waals surface area contributed by atoms with Gasteiger partial charge in [-0.15, -0.1) is 0 Å². The molecule has 6 heteroatoms. The monoisotopic (exact) mass is 247 g/mol. The van der Waals surface area contributed by atoms with Gasteiger partial charge >= 0.3 is 12.4 Å². The molecule has 2 atom stereocenters. The zero-order valence-electron chi connectivity index (χ0n) is 9.87. The van der Waals surface area contributed by atoms with Gasteiger partial charge in [0.1, 0.15) is 5.71 Å². The van der Waals surface area contributed by atoms with Crippen molar-refractivity contribution in [2.45, 2.75) is 25.2 Å². The Morgan fingerprint density at radius 1 is 1.44 bits per heavy atom. The third-order valence-electron chi connectivity index (χ3n) is 3.46. The highest BCUT2D eigenvalue weighted by Crippen LogP contribution is 2.39. The minimum absolute atomic E-state index is 0.563. The SMILES string of the molecule is CC[C@]12C(c3ccccc3)=NO[C@H]1OC(=O)N2N. The van der Waals surface area contributed by atoms with Gasteiger partial charge in [-0.3, -0.25) is 0 Å². The van der Waals surface area contributed by atoms with Crippen LogP contribution in [0.4, 0.5) is 4.79 Å². The van der Waals surface area contributed by atoms with Gasteiger partial charge in [-0.2, -0.15) is 0 Å². The summed E-state index contributed by atoms with van der Waals surface area (Å²) in [6.07, 6.45) is -0.798. The van der Waals surface area contributed by atoms with Crippen LogP contribution in [0.25, 0.3) is 0 Å². The molecule has 0 bridgehead atoms. The number of fused-ring (bicyclic) bond motifs is 1. The molecule has 0 aromatic heterocycles. The number of hydrogen-bond acceptors (Lipinski definition) is 5. The van der Waals surface area contributed by atoms with Gasteiger partial charge in [0.05, 0.1) is 0 Å². The van der Waals surface area contributed by atoms with E-state index < -0.39 is 17.9 Å². The van der Waals surface area contributed by atoms with Crippen LogP contribution >= 0.6 is 0 Å². The molecule has 1 saturated heterocycles. The van der Waals surface area contributed by atoms with E-state index >= 15 is 0 Å². The van der Waals surface area contributed by atoms with Gasteiger partial charge in [0, 0.05) is 5.56 Å². The van der Waals surface area contributed by atoms with E-state index in [1.165, 1.54) is 0 Å². The molecule has 0 aliphatic carbocycles. The lowest BCUT2D eigenvalue weighted by molar-refractivity contribution is -0.0893. The number of ether oxygens (including phenoxy) is 1. The topological polar surface area (TPSA) is 77.2 Å². The van der Waals surface area contributed by atoms with Gasteiger partial charge in [0.15, 0.2) is 5.54 Å². The predicted octanol–water partition coefficient (Wildman–Crippen LogP) is 1.22. The number of benzene rings is 1. The number of carbonyl (C=O) groups is 1. The van der Waals surface area contributed by atoms with Gasteiger partial charge in [-0.1, -0.05) is 42.4 Å². The van der Waals surface area contributed by atoms with Crippen molar-refractivity contribution in [3.63, 3.8) is 0 Å². The maximum atomic E-state index is 11.6. The number of nitrogens with zero attached hydrogens (tertiary/aromatic N) is 2. The predicted molar refractivity (Wildman–Crippen MR) is 63.4 cm³/mol. The fourth-order valence-electron chi connectivity index (χ4n) is 2.44. The Labute approximate surface area is 104 Å². The lowest BCUT2D eigenvalue weighted by Gasteiger charge is -2.29. The van der Waals surface area contributed by atoms with Crippen LogP contribution in [-0.2, 0) is 9.57 Å². The maximum absolute atomic E-state index is 11.6. The summed E-state index contributed by atoms with van der Waals surface area (Å²) in [6, 6.07) is 9.50. The lowest BCUT2D eigenvalue weighted by Crippen LogP contribution is -2.57. The molecule has 1 aromatic rings. The minimum Gasteiger partial charge on any atom is -0.403 e. The quantitative estimate of drug-likeness (QED) is 0.629. The van der Waals surface area contributed by atoms with Crippen LogP contribution in [0.1, 0.15) is 18.9 Å². The summed E-state index contributed by atoms with van der Waals surface area (Å²) in [5.41, 5.74) is 0.665. The molecule has 0 spiro atoms. The first kappa shape index (κ1) is 11.0. The summed E-state index contributed by atoms with van der Waals surface area (Å²) in [7, 11) is 0. The van der Waals surface area contributed by atoms with Gasteiger partial charge in [-0.25, -0.2) is 15.6 Å². The number of carbonyl (C=O) groups excluding carboxylic acids is 1. The normalized spacial score (nSPS) is 29.7. The zero-order valence-corrected chi connectivity index (χ0v) is 9.87. The van der Waals surface area contributed by atoms with E-state index in [1.807, 2.05) is 37.3 Å². The van der Waals surface area contributed by atoms with Crippen molar-refractivity contribution in [3.8, 4) is 0 Å². The van der Waals surface area contributed by atoms with Crippen molar-refractivity contribution >= 4 is 11.8 Å². The molecular weight excluding hydrogens is 234 g/mol. The fraction of sp³-hybridized carbons (Fsp3) is 0.333. The molecule has 18 heavy (non-hydrogen) atoms. The van der Waals surface area contributed by atoms with Crippen molar-refractivity contribution in [3.05, 3.63) is 35.9 Å². The Morgan fingerprint density at radius 3 is 2.83 bits per heavy atom. The summed E-state index contributed by atoms with van der Waals surface area (Å²) in [6.45, 7) is 1.92. The molecule has 1 fully saturated rings. The van der Waals surface area contributed by atoms with E-state index in [0.29, 0.717) is 12.1 Å². The van der Waals surface area contributed by atoms with Crippen LogP contribution in [-0.4, -0.2) is 28.6 Å². The number of hydrogen-bond donors (Lipinski definition) is 1. The Kier molecular flexibility index (Phi) is 2.27. The molecule has 2 aliphatic heterocycles. The highest BCUT2D eigenvalue weighted by Gasteiger charge is 2.62. The molecule has 2 N–H and O–H groups in total. The Balaban J connectivity index is 2.09. The van der Waals surface area contributed by atoms with Crippen molar-refractivity contribution < 1.29 is 14.4 Å². The van der Waals surface area contributed by atoms with Crippen LogP contribution < -0.4 is 5.84 Å². The van der Waals surface area contributed by atoms with Gasteiger partial charge in [0.2, 0.25) is 0 Å². The van der Waals surface area contributed by atoms with E-state index in [1.54, 1.807) is 0 Å². The van der Waals surface area contributed by atoms with E-state index in [-0.39, 0.29) is 0 Å². The number of amides is 1. The summed E-state index contributed by atoms with van der Waals surface area (Å²) in [5.74, 6) is 5.83. The molecule has 2 aliphatic rings. The Morgan fingerprint density at radius 2 is 2.17 bits per heavy atom. The van der Waals surface area contributed by atoms with Gasteiger partial charge < -0.3 is 9.57 Å². The number of oxime groups is 1. The summed E-state index contributed by atoms with van der Waals surface area (Å²) in [4.78, 5) is 16.8. The summed E-state index contributed by atoms with van der Waals surface area (Å²) in [5, 5.41) is 5.12. The molecule has 0 radical (unpaired) electrons. The first-order chi connectivity index (χ1) is 8.70. The van der Waals surface area contributed by atoms with Crippen LogP contribution in [0.3, 0.4) is 0 Å². The lowest BCUT2D eigenvalue weighted by atomic mass is 9.86. The van der Waals surface area contributed by atoms with Crippen molar-refractivity contribution in [2.75, 3.05) is 0 Å². The largest absolute Gasteiger partial charge is 0.428 e. The molecule has 3 rings (SSSR count). The highest BCUT2D eigenvalue weighted by molar-refractivity contribution is 6.10. The zero-order chi connectivity index (χ0) is 12.8. The molecule has 0 saturated carbocycles. The van der Waals surface area contributed by atoms with E-state index in [9.17, 15) is 4.79 Å². The second kappa shape index (κ2) is 3.71. The Hall–Kier alpha value is -2.08. The standard InChI is InChI=1S/C12H13N3O3/c1-2-12-9(8-6-4-3-5-7-8)14-18-10(12)17-11(16)15(12)13/h3-7,10H,2,13H2,1H3/t10-,12+/m1/s1. The van der Waals surface area contributed by atoms with Crippen molar-refractivity contribution in [2.24, 2.45) is 11.0 Å². The number of nitrogens with two attached hydrogens (primary N) is 1. The second-order valence-corrected chi connectivity index (χ2v) is 4.27. The van der Waals surface area contributed by atoms with Gasteiger partial charge in [-0.05, 0) is 6.42 Å². The number of rotatable bonds is 2. The van der Waals surface area contributed by atoms with Crippen LogP contribution in [0.2, 0.25) is 0 Å². The molecule has 1 amide bonds. The van der Waals surface area contributed by atoms with E-state index in [4.69, 9.17) is 15.4 Å². The van der Waals surface area contributed by atoms with Crippen molar-refractivity contribution in [1.82, 2.24) is 5.01 Å². The molecule has 6 nitrogen and oxygen atoms in total. The smallest absolute Gasteiger partial charge is 0.403 e. The molecule has 94 valence electrons. The first-order valence-corrected chi connectivity index (χ1v) is 5.75. The fourth-order valence-corrected chi connectivity index (χ4v) is 2.44. The average Bonchev–Trinajstić information content (AvgIpc) is 2.88. The maximum Gasteiger partial charge on any atom is 0.428 e. The van der Waals surface area contributed by atoms with Crippen molar-refractivity contribution in [1.29, 1.82) is 0 Å². The average molecular weight is 247 g/mol. The third kappa shape index (κ3) is 1.20. The Bertz CT molecular complexity index is 517.